The lowest BCUT2D eigenvalue weighted by Gasteiger charge is -2.20. The summed E-state index contributed by atoms with van der Waals surface area (Å²) >= 11 is 0. The van der Waals surface area contributed by atoms with Crippen LogP contribution in [0, 0.1) is 17.2 Å². The number of aromatic nitrogens is 3. The number of hydrogen-bond donors (Lipinski definition) is 4. The van der Waals surface area contributed by atoms with Crippen LogP contribution in [0.4, 0.5) is 23.0 Å². The number of piperidine rings is 1. The first-order valence-corrected chi connectivity index (χ1v) is 15.3. The third-order valence-corrected chi connectivity index (χ3v) is 8.24. The molecule has 3 aliphatic rings. The van der Waals surface area contributed by atoms with Crippen molar-refractivity contribution < 1.29 is 19.1 Å². The molecule has 228 valence electrons. The van der Waals surface area contributed by atoms with Gasteiger partial charge in [0.1, 0.15) is 17.9 Å². The highest BCUT2D eigenvalue weighted by Crippen LogP contribution is 2.37. The first-order chi connectivity index (χ1) is 21.6. The summed E-state index contributed by atoms with van der Waals surface area (Å²) in [5, 5.41) is 22.9. The Kier molecular flexibility index (Phi) is 9.24. The molecule has 1 aromatic carbocycles. The highest BCUT2D eigenvalue weighted by molar-refractivity contribution is 6.05. The van der Waals surface area contributed by atoms with Gasteiger partial charge in [-0.1, -0.05) is 24.8 Å². The maximum absolute atomic E-state index is 13.1. The molecular formula is C32H36N8O4. The van der Waals surface area contributed by atoms with Crippen LogP contribution in [0.5, 0.6) is 5.75 Å². The van der Waals surface area contributed by atoms with Crippen LogP contribution < -0.4 is 26.0 Å². The molecule has 0 radical (unpaired) electrons. The minimum Gasteiger partial charge on any atom is -0.486 e. The first-order valence-electron chi connectivity index (χ1n) is 15.3. The molecule has 4 heterocycles. The molecule has 2 aliphatic heterocycles. The van der Waals surface area contributed by atoms with Crippen molar-refractivity contribution in [3.8, 4) is 11.8 Å². The Hall–Kier alpha value is -4.60. The van der Waals surface area contributed by atoms with Gasteiger partial charge in [-0.15, -0.1) is 0 Å². The Bertz CT molecular complexity index is 1580. The molecule has 6 rings (SSSR count). The molecule has 1 unspecified atom stereocenters. The van der Waals surface area contributed by atoms with Crippen molar-refractivity contribution in [3.05, 3.63) is 47.9 Å². The SMILES string of the molecule is N#Cc1cnc2cc(OC3CCOC3)c(NC(=O)C=C3CCNCC3)cc2c1Nc1cnc(NC(=O)C2CCCCC2)nc1. The number of rotatable bonds is 8. The van der Waals surface area contributed by atoms with E-state index < -0.39 is 0 Å². The number of nitriles is 1. The maximum Gasteiger partial charge on any atom is 0.248 e. The smallest absolute Gasteiger partial charge is 0.248 e. The van der Waals surface area contributed by atoms with Crippen LogP contribution in [0.1, 0.15) is 56.9 Å². The van der Waals surface area contributed by atoms with Gasteiger partial charge in [-0.2, -0.15) is 5.26 Å². The predicted molar refractivity (Wildman–Crippen MR) is 166 cm³/mol. The zero-order chi connectivity index (χ0) is 30.3. The molecular weight excluding hydrogens is 560 g/mol. The van der Waals surface area contributed by atoms with Crippen LogP contribution in [0.25, 0.3) is 10.9 Å². The van der Waals surface area contributed by atoms with Crippen molar-refractivity contribution in [3.63, 3.8) is 0 Å². The fourth-order valence-corrected chi connectivity index (χ4v) is 5.84. The zero-order valence-electron chi connectivity index (χ0n) is 24.5. The van der Waals surface area contributed by atoms with Gasteiger partial charge < -0.3 is 25.4 Å². The second-order valence-corrected chi connectivity index (χ2v) is 11.4. The van der Waals surface area contributed by atoms with Crippen LogP contribution in [-0.2, 0) is 14.3 Å². The van der Waals surface area contributed by atoms with Crippen LogP contribution in [0.3, 0.4) is 0 Å². The Balaban J connectivity index is 1.28. The molecule has 12 heteroatoms. The number of benzene rings is 1. The molecule has 2 amide bonds. The third-order valence-electron chi connectivity index (χ3n) is 8.24. The summed E-state index contributed by atoms with van der Waals surface area (Å²) < 4.78 is 11.7. The number of carbonyl (C=O) groups is 2. The zero-order valence-corrected chi connectivity index (χ0v) is 24.5. The van der Waals surface area contributed by atoms with E-state index in [0.717, 1.165) is 63.6 Å². The van der Waals surface area contributed by atoms with Crippen LogP contribution in [0.2, 0.25) is 0 Å². The lowest BCUT2D eigenvalue weighted by atomic mass is 9.89. The Morgan fingerprint density at radius 1 is 1.02 bits per heavy atom. The fraction of sp³-hybridized carbons (Fsp3) is 0.438. The standard InChI is InChI=1S/C32H36N8O4/c33-15-22-16-35-26-14-28(44-24-8-11-43-19-24)27(39-29(41)12-20-6-9-34-10-7-20)13-25(26)30(22)38-23-17-36-32(37-18-23)40-31(42)21-4-2-1-3-5-21/h12-14,16-18,21,24,34H,1-11,19H2,(H,35,38)(H,39,41)(H,36,37,40,42). The average Bonchev–Trinajstić information content (AvgIpc) is 3.56. The molecule has 1 atom stereocenters. The summed E-state index contributed by atoms with van der Waals surface area (Å²) in [5.74, 6) is 0.412. The normalized spacial score (nSPS) is 18.8. The number of carbonyl (C=O) groups excluding carboxylic acids is 2. The maximum atomic E-state index is 13.1. The van der Waals surface area contributed by atoms with Gasteiger partial charge >= 0.3 is 0 Å². The fourth-order valence-electron chi connectivity index (χ4n) is 5.84. The lowest BCUT2D eigenvalue weighted by molar-refractivity contribution is -0.120. The van der Waals surface area contributed by atoms with Gasteiger partial charge in [-0.3, -0.25) is 19.9 Å². The monoisotopic (exact) mass is 596 g/mol. The van der Waals surface area contributed by atoms with Gasteiger partial charge in [0.2, 0.25) is 17.8 Å². The molecule has 4 N–H and O–H groups in total. The lowest BCUT2D eigenvalue weighted by Crippen LogP contribution is -2.25. The number of pyridine rings is 1. The first kappa shape index (κ1) is 29.5. The Morgan fingerprint density at radius 2 is 1.82 bits per heavy atom. The summed E-state index contributed by atoms with van der Waals surface area (Å²) in [5.41, 5.74) is 3.45. The predicted octanol–water partition coefficient (Wildman–Crippen LogP) is 4.57. The second kappa shape index (κ2) is 13.8. The molecule has 3 aromatic rings. The molecule has 0 bridgehead atoms. The summed E-state index contributed by atoms with van der Waals surface area (Å²) in [4.78, 5) is 38.9. The summed E-state index contributed by atoms with van der Waals surface area (Å²) in [7, 11) is 0. The average molecular weight is 597 g/mol. The van der Waals surface area contributed by atoms with E-state index in [1.54, 1.807) is 30.6 Å². The van der Waals surface area contributed by atoms with Crippen molar-refractivity contribution in [2.24, 2.45) is 5.92 Å². The number of fused-ring (bicyclic) bond motifs is 1. The van der Waals surface area contributed by atoms with Crippen molar-refractivity contribution in [1.29, 1.82) is 5.26 Å². The molecule has 2 saturated heterocycles. The van der Waals surface area contributed by atoms with E-state index in [1.807, 2.05) is 0 Å². The number of nitrogens with one attached hydrogen (secondary N) is 4. The van der Waals surface area contributed by atoms with E-state index >= 15 is 0 Å². The quantitative estimate of drug-likeness (QED) is 0.271. The number of anilines is 4. The molecule has 1 saturated carbocycles. The number of nitrogens with zero attached hydrogens (tertiary/aromatic N) is 4. The molecule has 0 spiro atoms. The van der Waals surface area contributed by atoms with Gasteiger partial charge in [0.05, 0.1) is 53.7 Å². The van der Waals surface area contributed by atoms with Gasteiger partial charge in [-0.05, 0) is 44.8 Å². The Morgan fingerprint density at radius 3 is 2.55 bits per heavy atom. The van der Waals surface area contributed by atoms with Crippen molar-refractivity contribution in [2.45, 2.75) is 57.5 Å². The molecule has 12 nitrogen and oxygen atoms in total. The minimum absolute atomic E-state index is 0.00728. The van der Waals surface area contributed by atoms with E-state index in [-0.39, 0.29) is 29.8 Å². The van der Waals surface area contributed by atoms with Crippen molar-refractivity contribution in [2.75, 3.05) is 42.3 Å². The molecule has 1 aliphatic carbocycles. The van der Waals surface area contributed by atoms with Gasteiger partial charge in [0, 0.05) is 36.1 Å². The van der Waals surface area contributed by atoms with Gasteiger partial charge in [0.15, 0.2) is 0 Å². The number of amides is 2. The van der Waals surface area contributed by atoms with E-state index in [1.165, 1.54) is 12.6 Å². The molecule has 2 aromatic heterocycles. The van der Waals surface area contributed by atoms with Crippen molar-refractivity contribution >= 4 is 45.7 Å². The number of ether oxygens (including phenoxy) is 2. The highest BCUT2D eigenvalue weighted by Gasteiger charge is 2.23. The summed E-state index contributed by atoms with van der Waals surface area (Å²) in [6.07, 6.45) is 13.6. The van der Waals surface area contributed by atoms with E-state index in [2.05, 4.69) is 42.3 Å². The van der Waals surface area contributed by atoms with Crippen LogP contribution >= 0.6 is 0 Å². The Labute approximate surface area is 255 Å². The van der Waals surface area contributed by atoms with E-state index in [9.17, 15) is 14.9 Å². The highest BCUT2D eigenvalue weighted by atomic mass is 16.5. The third kappa shape index (κ3) is 7.12. The van der Waals surface area contributed by atoms with Gasteiger partial charge in [0.25, 0.3) is 0 Å². The van der Waals surface area contributed by atoms with Gasteiger partial charge in [-0.25, -0.2) is 9.97 Å². The van der Waals surface area contributed by atoms with Crippen molar-refractivity contribution in [1.82, 2.24) is 20.3 Å². The summed E-state index contributed by atoms with van der Waals surface area (Å²) in [6.45, 7) is 2.77. The largest absolute Gasteiger partial charge is 0.486 e. The second-order valence-electron chi connectivity index (χ2n) is 11.4. The van der Waals surface area contributed by atoms with Crippen LogP contribution in [-0.4, -0.2) is 59.2 Å². The van der Waals surface area contributed by atoms with E-state index in [0.29, 0.717) is 52.5 Å². The molecule has 3 fully saturated rings. The van der Waals surface area contributed by atoms with Crippen LogP contribution in [0.15, 0.2) is 42.4 Å². The van der Waals surface area contributed by atoms with E-state index in [4.69, 9.17) is 9.47 Å². The number of hydrogen-bond acceptors (Lipinski definition) is 10. The minimum atomic E-state index is -0.244. The molecule has 44 heavy (non-hydrogen) atoms. The summed E-state index contributed by atoms with van der Waals surface area (Å²) in [6, 6.07) is 5.74. The topological polar surface area (TPSA) is 163 Å².